The zero-order valence-corrected chi connectivity index (χ0v) is 15.4. The molecule has 1 amide bonds. The third-order valence-electron chi connectivity index (χ3n) is 4.30. The van der Waals surface area contributed by atoms with Crippen LogP contribution in [0.15, 0.2) is 24.3 Å². The van der Waals surface area contributed by atoms with E-state index in [2.05, 4.69) is 32.2 Å². The predicted octanol–water partition coefficient (Wildman–Crippen LogP) is 3.00. The molecule has 23 heavy (non-hydrogen) atoms. The number of nitrogens with one attached hydrogen (secondary N) is 1. The van der Waals surface area contributed by atoms with Crippen LogP contribution in [0.25, 0.3) is 0 Å². The van der Waals surface area contributed by atoms with Gasteiger partial charge in [0.25, 0.3) is 5.91 Å². The van der Waals surface area contributed by atoms with Crippen molar-refractivity contribution < 1.29 is 9.53 Å². The molecule has 0 radical (unpaired) electrons. The highest BCUT2D eigenvalue weighted by atomic mass is 35.5. The summed E-state index contributed by atoms with van der Waals surface area (Å²) >= 11 is 0. The number of likely N-dealkylation sites (N-methyl/N-ethyl adjacent to an activating group) is 1. The standard InChI is InChI=1S/C18H28N2O2.ClH/c1-18(2,3)15-7-5-6-8-16(15)22-13-17(21)20(4)14-9-11-19-12-10-14;/h5-8,14,19H,9-13H2,1-4H3;1H. The summed E-state index contributed by atoms with van der Waals surface area (Å²) in [4.78, 5) is 14.2. The lowest BCUT2D eigenvalue weighted by Crippen LogP contribution is -2.45. The van der Waals surface area contributed by atoms with E-state index >= 15 is 0 Å². The molecule has 4 nitrogen and oxygen atoms in total. The van der Waals surface area contributed by atoms with Crippen LogP contribution in [0.1, 0.15) is 39.2 Å². The maximum absolute atomic E-state index is 12.4. The quantitative estimate of drug-likeness (QED) is 0.916. The van der Waals surface area contributed by atoms with E-state index in [4.69, 9.17) is 4.74 Å². The average Bonchev–Trinajstić information content (AvgIpc) is 2.52. The van der Waals surface area contributed by atoms with Gasteiger partial charge < -0.3 is 15.0 Å². The number of rotatable bonds is 4. The van der Waals surface area contributed by atoms with Gasteiger partial charge in [0.1, 0.15) is 5.75 Å². The zero-order valence-electron chi connectivity index (χ0n) is 14.6. The number of benzene rings is 1. The fourth-order valence-corrected chi connectivity index (χ4v) is 2.85. The minimum atomic E-state index is 0. The van der Waals surface area contributed by atoms with Crippen LogP contribution in [0.2, 0.25) is 0 Å². The van der Waals surface area contributed by atoms with E-state index in [1.165, 1.54) is 0 Å². The van der Waals surface area contributed by atoms with Crippen LogP contribution in [-0.4, -0.2) is 43.6 Å². The molecule has 0 saturated carbocycles. The Bertz CT molecular complexity index is 508. The summed E-state index contributed by atoms with van der Waals surface area (Å²) in [6.07, 6.45) is 2.03. The molecule has 1 saturated heterocycles. The largest absolute Gasteiger partial charge is 0.483 e. The van der Waals surface area contributed by atoms with E-state index < -0.39 is 0 Å². The lowest BCUT2D eigenvalue weighted by Gasteiger charge is -2.31. The summed E-state index contributed by atoms with van der Waals surface area (Å²) in [6.45, 7) is 8.52. The average molecular weight is 341 g/mol. The maximum atomic E-state index is 12.4. The van der Waals surface area contributed by atoms with Crippen LogP contribution in [0.3, 0.4) is 0 Å². The molecule has 0 bridgehead atoms. The van der Waals surface area contributed by atoms with Crippen LogP contribution in [0.5, 0.6) is 5.75 Å². The summed E-state index contributed by atoms with van der Waals surface area (Å²) < 4.78 is 5.83. The lowest BCUT2D eigenvalue weighted by molar-refractivity contribution is -0.134. The Labute approximate surface area is 146 Å². The number of piperidine rings is 1. The van der Waals surface area contributed by atoms with Crippen molar-refractivity contribution in [2.75, 3.05) is 26.7 Å². The van der Waals surface area contributed by atoms with Gasteiger partial charge in [-0.25, -0.2) is 0 Å². The summed E-state index contributed by atoms with van der Waals surface area (Å²) in [5.41, 5.74) is 1.13. The number of hydrogen-bond acceptors (Lipinski definition) is 3. The number of hydrogen-bond donors (Lipinski definition) is 1. The first kappa shape index (κ1) is 19.8. The van der Waals surface area contributed by atoms with Crippen molar-refractivity contribution in [3.8, 4) is 5.75 Å². The first-order chi connectivity index (χ1) is 10.4. The van der Waals surface area contributed by atoms with Gasteiger partial charge in [-0.1, -0.05) is 39.0 Å². The minimum absolute atomic E-state index is 0. The van der Waals surface area contributed by atoms with Gasteiger partial charge >= 0.3 is 0 Å². The number of para-hydroxylation sites is 1. The third kappa shape index (κ3) is 5.40. The molecule has 1 heterocycles. The summed E-state index contributed by atoms with van der Waals surface area (Å²) in [6, 6.07) is 8.30. The smallest absolute Gasteiger partial charge is 0.260 e. The van der Waals surface area contributed by atoms with Crippen molar-refractivity contribution in [3.63, 3.8) is 0 Å². The number of carbonyl (C=O) groups excluding carboxylic acids is 1. The zero-order chi connectivity index (χ0) is 16.2. The topological polar surface area (TPSA) is 41.6 Å². The van der Waals surface area contributed by atoms with Crippen molar-refractivity contribution >= 4 is 18.3 Å². The molecule has 130 valence electrons. The molecule has 5 heteroatoms. The van der Waals surface area contributed by atoms with Gasteiger partial charge in [-0.2, -0.15) is 0 Å². The van der Waals surface area contributed by atoms with Gasteiger partial charge in [-0.05, 0) is 43.0 Å². The van der Waals surface area contributed by atoms with E-state index in [1.54, 1.807) is 0 Å². The molecular formula is C18H29ClN2O2. The fourth-order valence-electron chi connectivity index (χ4n) is 2.85. The highest BCUT2D eigenvalue weighted by Gasteiger charge is 2.23. The molecule has 1 aliphatic heterocycles. The third-order valence-corrected chi connectivity index (χ3v) is 4.30. The number of carbonyl (C=O) groups is 1. The second-order valence-corrected chi connectivity index (χ2v) is 7.02. The van der Waals surface area contributed by atoms with Crippen LogP contribution in [0, 0.1) is 0 Å². The predicted molar refractivity (Wildman–Crippen MR) is 96.5 cm³/mol. The van der Waals surface area contributed by atoms with Gasteiger partial charge in [-0.3, -0.25) is 4.79 Å². The molecular weight excluding hydrogens is 312 g/mol. The van der Waals surface area contributed by atoms with Gasteiger partial charge in [-0.15, -0.1) is 12.4 Å². The Balaban J connectivity index is 0.00000264. The summed E-state index contributed by atoms with van der Waals surface area (Å²) in [7, 11) is 1.89. The SMILES string of the molecule is CN(C(=O)COc1ccccc1C(C)(C)C)C1CCNCC1.Cl. The Kier molecular flexibility index (Phi) is 7.36. The minimum Gasteiger partial charge on any atom is -0.483 e. The molecule has 1 fully saturated rings. The normalized spacial score (nSPS) is 15.7. The Morgan fingerprint density at radius 2 is 1.87 bits per heavy atom. The highest BCUT2D eigenvalue weighted by Crippen LogP contribution is 2.30. The van der Waals surface area contributed by atoms with E-state index in [1.807, 2.05) is 30.1 Å². The summed E-state index contributed by atoms with van der Waals surface area (Å²) in [5, 5.41) is 3.32. The molecule has 0 aromatic heterocycles. The van der Waals surface area contributed by atoms with Gasteiger partial charge in [0.05, 0.1) is 0 Å². The summed E-state index contributed by atoms with van der Waals surface area (Å²) in [5.74, 6) is 0.859. The second-order valence-electron chi connectivity index (χ2n) is 7.02. The van der Waals surface area contributed by atoms with E-state index in [0.717, 1.165) is 37.2 Å². The van der Waals surface area contributed by atoms with Crippen molar-refractivity contribution in [1.29, 1.82) is 0 Å². The van der Waals surface area contributed by atoms with Gasteiger partial charge in [0, 0.05) is 13.1 Å². The lowest BCUT2D eigenvalue weighted by atomic mass is 9.86. The first-order valence-corrected chi connectivity index (χ1v) is 8.08. The maximum Gasteiger partial charge on any atom is 0.260 e. The van der Waals surface area contributed by atoms with Crippen molar-refractivity contribution in [2.45, 2.75) is 45.1 Å². The molecule has 0 atom stereocenters. The Morgan fingerprint density at radius 1 is 1.26 bits per heavy atom. The molecule has 1 aromatic carbocycles. The fraction of sp³-hybridized carbons (Fsp3) is 0.611. The molecule has 0 aliphatic carbocycles. The van der Waals surface area contributed by atoms with E-state index in [0.29, 0.717) is 6.04 Å². The van der Waals surface area contributed by atoms with E-state index in [9.17, 15) is 4.79 Å². The molecule has 1 aromatic rings. The van der Waals surface area contributed by atoms with Crippen LogP contribution in [-0.2, 0) is 10.2 Å². The molecule has 1 aliphatic rings. The van der Waals surface area contributed by atoms with Crippen molar-refractivity contribution in [2.24, 2.45) is 0 Å². The highest BCUT2D eigenvalue weighted by molar-refractivity contribution is 5.85. The molecule has 0 unspecified atom stereocenters. The number of nitrogens with zero attached hydrogens (tertiary/aromatic N) is 1. The monoisotopic (exact) mass is 340 g/mol. The molecule has 2 rings (SSSR count). The van der Waals surface area contributed by atoms with Gasteiger partial charge in [0.15, 0.2) is 6.61 Å². The van der Waals surface area contributed by atoms with Gasteiger partial charge in [0.2, 0.25) is 0 Å². The molecule has 1 N–H and O–H groups in total. The van der Waals surface area contributed by atoms with Crippen molar-refractivity contribution in [1.82, 2.24) is 10.2 Å². The van der Waals surface area contributed by atoms with Crippen LogP contribution < -0.4 is 10.1 Å². The first-order valence-electron chi connectivity index (χ1n) is 8.08. The Hall–Kier alpha value is -1.26. The number of ether oxygens (including phenoxy) is 1. The molecule has 0 spiro atoms. The number of amides is 1. The Morgan fingerprint density at radius 3 is 2.48 bits per heavy atom. The van der Waals surface area contributed by atoms with Crippen molar-refractivity contribution in [3.05, 3.63) is 29.8 Å². The van der Waals surface area contributed by atoms with Crippen LogP contribution >= 0.6 is 12.4 Å². The second kappa shape index (κ2) is 8.55. The van der Waals surface area contributed by atoms with Crippen LogP contribution in [0.4, 0.5) is 0 Å². The van der Waals surface area contributed by atoms with E-state index in [-0.39, 0.29) is 30.3 Å². The number of halogens is 1.